The summed E-state index contributed by atoms with van der Waals surface area (Å²) in [5.74, 6) is -1.55. The Hall–Kier alpha value is -3.02. The van der Waals surface area contributed by atoms with Crippen LogP contribution in [0.25, 0.3) is 0 Å². The van der Waals surface area contributed by atoms with E-state index in [1.165, 1.54) is 18.2 Å². The zero-order valence-corrected chi connectivity index (χ0v) is 12.8. The zero-order chi connectivity index (χ0) is 17.1. The Morgan fingerprint density at radius 3 is 2.71 bits per heavy atom. The predicted molar refractivity (Wildman–Crippen MR) is 85.8 cm³/mol. The highest BCUT2D eigenvalue weighted by Gasteiger charge is 2.30. The van der Waals surface area contributed by atoms with Gasteiger partial charge in [0.2, 0.25) is 11.8 Å². The molecule has 0 bridgehead atoms. The third-order valence-electron chi connectivity index (χ3n) is 3.81. The number of anilines is 1. The van der Waals surface area contributed by atoms with E-state index in [-0.39, 0.29) is 37.1 Å². The van der Waals surface area contributed by atoms with Crippen molar-refractivity contribution in [3.63, 3.8) is 0 Å². The summed E-state index contributed by atoms with van der Waals surface area (Å²) >= 11 is 0. The first kappa shape index (κ1) is 15.9. The Balaban J connectivity index is 1.63. The van der Waals surface area contributed by atoms with E-state index in [1.807, 2.05) is 0 Å². The van der Waals surface area contributed by atoms with Crippen LogP contribution in [0.4, 0.5) is 10.1 Å². The van der Waals surface area contributed by atoms with E-state index in [2.05, 4.69) is 5.32 Å². The summed E-state index contributed by atoms with van der Waals surface area (Å²) in [6.45, 7) is -0.00680. The molecule has 1 heterocycles. The summed E-state index contributed by atoms with van der Waals surface area (Å²) in [5.41, 5.74) is 1.53. The lowest BCUT2D eigenvalue weighted by Crippen LogP contribution is -2.43. The number of hydrogen-bond acceptors (Lipinski definition) is 3. The summed E-state index contributed by atoms with van der Waals surface area (Å²) in [5, 5.41) is 2.54. The molecule has 0 spiro atoms. The number of halogens is 1. The molecule has 3 amide bonds. The number of carbonyl (C=O) groups excluding carboxylic acids is 3. The summed E-state index contributed by atoms with van der Waals surface area (Å²) in [6, 6.07) is 12.5. The predicted octanol–water partition coefficient (Wildman–Crippen LogP) is 2.38. The highest BCUT2D eigenvalue weighted by molar-refractivity contribution is 6.10. The highest BCUT2D eigenvalue weighted by Crippen LogP contribution is 2.20. The number of carbonyl (C=O) groups is 3. The summed E-state index contributed by atoms with van der Waals surface area (Å²) in [7, 11) is 0. The molecule has 122 valence electrons. The van der Waals surface area contributed by atoms with Crippen molar-refractivity contribution in [2.45, 2.75) is 12.8 Å². The Kier molecular flexibility index (Phi) is 4.37. The topological polar surface area (TPSA) is 66.5 Å². The first-order valence-corrected chi connectivity index (χ1v) is 7.52. The fourth-order valence-corrected chi connectivity index (χ4v) is 2.63. The molecule has 0 fully saturated rings. The van der Waals surface area contributed by atoms with Crippen LogP contribution in [-0.4, -0.2) is 29.2 Å². The molecule has 6 heteroatoms. The van der Waals surface area contributed by atoms with Gasteiger partial charge in [0.1, 0.15) is 5.82 Å². The summed E-state index contributed by atoms with van der Waals surface area (Å²) in [6.07, 6.45) is 0.101. The molecule has 0 saturated carbocycles. The molecule has 24 heavy (non-hydrogen) atoms. The molecule has 1 aliphatic heterocycles. The summed E-state index contributed by atoms with van der Waals surface area (Å²) < 4.78 is 13.1. The van der Waals surface area contributed by atoms with Crippen molar-refractivity contribution < 1.29 is 18.8 Å². The van der Waals surface area contributed by atoms with Crippen LogP contribution in [0, 0.1) is 5.82 Å². The van der Waals surface area contributed by atoms with Crippen molar-refractivity contribution in [2.75, 3.05) is 11.9 Å². The molecule has 0 aromatic heterocycles. The quantitative estimate of drug-likeness (QED) is 0.877. The van der Waals surface area contributed by atoms with Crippen LogP contribution in [0.5, 0.6) is 0 Å². The number of nitrogens with one attached hydrogen (secondary N) is 1. The van der Waals surface area contributed by atoms with Crippen molar-refractivity contribution in [3.8, 4) is 0 Å². The third-order valence-corrected chi connectivity index (χ3v) is 3.81. The van der Waals surface area contributed by atoms with Gasteiger partial charge in [-0.2, -0.15) is 0 Å². The number of fused-ring (bicyclic) bond motifs is 1. The van der Waals surface area contributed by atoms with Gasteiger partial charge in [-0.15, -0.1) is 0 Å². The van der Waals surface area contributed by atoms with Gasteiger partial charge >= 0.3 is 0 Å². The van der Waals surface area contributed by atoms with Gasteiger partial charge in [0.05, 0.1) is 6.42 Å². The molecule has 0 atom stereocenters. The van der Waals surface area contributed by atoms with Crippen molar-refractivity contribution in [1.82, 2.24) is 4.90 Å². The maximum atomic E-state index is 13.1. The van der Waals surface area contributed by atoms with Crippen LogP contribution in [0.2, 0.25) is 0 Å². The molecule has 5 nitrogen and oxygen atoms in total. The van der Waals surface area contributed by atoms with Gasteiger partial charge in [0, 0.05) is 24.2 Å². The molecule has 0 saturated heterocycles. The Morgan fingerprint density at radius 1 is 1.12 bits per heavy atom. The van der Waals surface area contributed by atoms with Gasteiger partial charge in [-0.05, 0) is 29.8 Å². The largest absolute Gasteiger partial charge is 0.326 e. The average Bonchev–Trinajstić information content (AvgIpc) is 2.54. The third kappa shape index (κ3) is 3.32. The second-order valence-electron chi connectivity index (χ2n) is 5.49. The molecule has 3 rings (SSSR count). The molecule has 0 aliphatic carbocycles. The number of benzene rings is 2. The van der Waals surface area contributed by atoms with Crippen LogP contribution in [0.15, 0.2) is 48.5 Å². The van der Waals surface area contributed by atoms with Crippen LogP contribution >= 0.6 is 0 Å². The first-order valence-electron chi connectivity index (χ1n) is 7.52. The number of nitrogens with zero attached hydrogens (tertiary/aromatic N) is 1. The second-order valence-corrected chi connectivity index (χ2v) is 5.49. The molecule has 0 radical (unpaired) electrons. The minimum Gasteiger partial charge on any atom is -0.326 e. The fourth-order valence-electron chi connectivity index (χ4n) is 2.63. The van der Waals surface area contributed by atoms with Crippen molar-refractivity contribution in [1.29, 1.82) is 0 Å². The van der Waals surface area contributed by atoms with E-state index in [0.717, 1.165) is 4.90 Å². The molecule has 2 aromatic carbocycles. The minimum atomic E-state index is -0.453. The van der Waals surface area contributed by atoms with Gasteiger partial charge in [0.15, 0.2) is 0 Å². The van der Waals surface area contributed by atoms with Gasteiger partial charge in [-0.3, -0.25) is 19.3 Å². The van der Waals surface area contributed by atoms with Crippen LogP contribution < -0.4 is 5.32 Å². The SMILES string of the molecule is O=C(CCN1C(=O)Cc2ccccc2C1=O)Nc1cccc(F)c1. The standard InChI is InChI=1S/C18H15FN2O3/c19-13-5-3-6-14(11-13)20-16(22)8-9-21-17(23)10-12-4-1-2-7-15(12)18(21)24/h1-7,11H,8-10H2,(H,20,22). The highest BCUT2D eigenvalue weighted by atomic mass is 19.1. The van der Waals surface area contributed by atoms with Crippen LogP contribution in [-0.2, 0) is 16.0 Å². The second kappa shape index (κ2) is 6.62. The van der Waals surface area contributed by atoms with Crippen molar-refractivity contribution in [3.05, 3.63) is 65.5 Å². The van der Waals surface area contributed by atoms with E-state index in [1.54, 1.807) is 30.3 Å². The normalized spacial score (nSPS) is 13.6. The maximum absolute atomic E-state index is 13.1. The van der Waals surface area contributed by atoms with Crippen LogP contribution in [0.3, 0.4) is 0 Å². The molecule has 0 unspecified atom stereocenters. The van der Waals surface area contributed by atoms with Gasteiger partial charge in [0.25, 0.3) is 5.91 Å². The van der Waals surface area contributed by atoms with E-state index in [4.69, 9.17) is 0 Å². The minimum absolute atomic E-state index is 0.00680. The first-order chi connectivity index (χ1) is 11.5. The number of imide groups is 1. The lowest BCUT2D eigenvalue weighted by Gasteiger charge is -2.26. The van der Waals surface area contributed by atoms with Gasteiger partial charge in [-0.1, -0.05) is 24.3 Å². The van der Waals surface area contributed by atoms with E-state index < -0.39 is 5.82 Å². The van der Waals surface area contributed by atoms with Crippen molar-refractivity contribution >= 4 is 23.4 Å². The average molecular weight is 326 g/mol. The lowest BCUT2D eigenvalue weighted by atomic mass is 9.98. The van der Waals surface area contributed by atoms with E-state index in [0.29, 0.717) is 16.8 Å². The number of hydrogen-bond donors (Lipinski definition) is 1. The smallest absolute Gasteiger partial charge is 0.260 e. The maximum Gasteiger partial charge on any atom is 0.260 e. The van der Waals surface area contributed by atoms with Crippen molar-refractivity contribution in [2.24, 2.45) is 0 Å². The Morgan fingerprint density at radius 2 is 1.92 bits per heavy atom. The Labute approximate surface area is 138 Å². The fraction of sp³-hybridized carbons (Fsp3) is 0.167. The number of rotatable bonds is 4. The lowest BCUT2D eigenvalue weighted by molar-refractivity contribution is -0.128. The Bertz CT molecular complexity index is 819. The van der Waals surface area contributed by atoms with E-state index in [9.17, 15) is 18.8 Å². The monoisotopic (exact) mass is 326 g/mol. The van der Waals surface area contributed by atoms with Crippen LogP contribution in [0.1, 0.15) is 22.3 Å². The zero-order valence-electron chi connectivity index (χ0n) is 12.8. The van der Waals surface area contributed by atoms with Gasteiger partial charge in [-0.25, -0.2) is 4.39 Å². The molecular formula is C18H15FN2O3. The van der Waals surface area contributed by atoms with E-state index >= 15 is 0 Å². The number of amides is 3. The molecular weight excluding hydrogens is 311 g/mol. The molecule has 1 N–H and O–H groups in total. The molecule has 1 aliphatic rings. The molecule has 2 aromatic rings. The van der Waals surface area contributed by atoms with Gasteiger partial charge < -0.3 is 5.32 Å². The summed E-state index contributed by atoms with van der Waals surface area (Å²) in [4.78, 5) is 37.5.